The molecule has 3 nitrogen and oxygen atoms in total. The Hall–Kier alpha value is -2.07. The maximum absolute atomic E-state index is 6.67. The molecular formula is C37H59BN2O. The lowest BCUT2D eigenvalue weighted by atomic mass is 9.62. The topological polar surface area (TPSA) is 25.4 Å². The molecule has 2 aliphatic rings. The van der Waals surface area contributed by atoms with Gasteiger partial charge in [0.1, 0.15) is 0 Å². The lowest BCUT2D eigenvalue weighted by Crippen LogP contribution is -2.34. The van der Waals surface area contributed by atoms with Crippen molar-refractivity contribution >= 4 is 7.85 Å². The van der Waals surface area contributed by atoms with Crippen LogP contribution in [0.3, 0.4) is 0 Å². The maximum atomic E-state index is 6.67. The van der Waals surface area contributed by atoms with Gasteiger partial charge in [0, 0.05) is 24.2 Å². The van der Waals surface area contributed by atoms with Crippen molar-refractivity contribution in [2.24, 2.45) is 0 Å². The van der Waals surface area contributed by atoms with Crippen LogP contribution in [0.4, 0.5) is 0 Å². The minimum atomic E-state index is -0.187. The molecule has 1 saturated heterocycles. The second kappa shape index (κ2) is 19.9. The number of aryl methyl sites for hydroxylation is 2. The van der Waals surface area contributed by atoms with E-state index < -0.39 is 0 Å². The molecule has 1 aliphatic carbocycles. The number of aromatic nitrogens is 1. The normalized spacial score (nSPS) is 18.1. The highest BCUT2D eigenvalue weighted by atomic mass is 16.5. The van der Waals surface area contributed by atoms with Crippen LogP contribution >= 0.6 is 0 Å². The number of allylic oxidation sites excluding steroid dienone is 1. The number of nitrogens with zero attached hydrogens (tertiary/aromatic N) is 2. The number of ether oxygens (including phenoxy) is 1. The molecule has 0 unspecified atom stereocenters. The van der Waals surface area contributed by atoms with Gasteiger partial charge in [-0.2, -0.15) is 0 Å². The van der Waals surface area contributed by atoms with E-state index in [2.05, 4.69) is 88.9 Å². The summed E-state index contributed by atoms with van der Waals surface area (Å²) in [6, 6.07) is 14.6. The quantitative estimate of drug-likeness (QED) is 0.238. The Bertz CT molecular complexity index is 965. The van der Waals surface area contributed by atoms with E-state index in [1.54, 1.807) is 0 Å². The molecule has 2 fully saturated rings. The van der Waals surface area contributed by atoms with Crippen LogP contribution in [-0.4, -0.2) is 44.0 Å². The first-order chi connectivity index (χ1) is 19.8. The molecular weight excluding hydrogens is 499 g/mol. The molecule has 1 aromatic heterocycles. The van der Waals surface area contributed by atoms with Gasteiger partial charge in [0.05, 0.1) is 14.5 Å². The molecule has 226 valence electrons. The zero-order valence-corrected chi connectivity index (χ0v) is 27.4. The van der Waals surface area contributed by atoms with Crippen molar-refractivity contribution < 1.29 is 4.74 Å². The van der Waals surface area contributed by atoms with Crippen molar-refractivity contribution in [2.45, 2.75) is 130 Å². The average Bonchev–Trinajstić information content (AvgIpc) is 2.97. The Morgan fingerprint density at radius 2 is 1.49 bits per heavy atom. The molecule has 2 heterocycles. The average molecular weight is 559 g/mol. The van der Waals surface area contributed by atoms with Crippen LogP contribution in [0.1, 0.15) is 127 Å². The Labute approximate surface area is 255 Å². The van der Waals surface area contributed by atoms with E-state index in [0.717, 1.165) is 44.8 Å². The summed E-state index contributed by atoms with van der Waals surface area (Å²) in [5, 5.41) is -0.187. The molecule has 1 aromatic carbocycles. The largest absolute Gasteiger partial charge is 0.478 e. The predicted octanol–water partition coefficient (Wildman–Crippen LogP) is 10.2. The van der Waals surface area contributed by atoms with Gasteiger partial charge >= 0.3 is 0 Å². The summed E-state index contributed by atoms with van der Waals surface area (Å²) >= 11 is 0. The summed E-state index contributed by atoms with van der Waals surface area (Å²) < 4.78 is 6.12. The third-order valence-electron chi connectivity index (χ3n) is 8.56. The van der Waals surface area contributed by atoms with E-state index in [-0.39, 0.29) is 5.31 Å². The summed E-state index contributed by atoms with van der Waals surface area (Å²) in [4.78, 5) is 7.44. The van der Waals surface area contributed by atoms with Crippen LogP contribution in [0.2, 0.25) is 5.31 Å². The van der Waals surface area contributed by atoms with E-state index in [1.165, 1.54) is 80.2 Å². The summed E-state index contributed by atoms with van der Waals surface area (Å²) in [5.74, 6) is 1.29. The highest BCUT2D eigenvalue weighted by Crippen LogP contribution is 2.38. The summed E-state index contributed by atoms with van der Waals surface area (Å²) in [5.41, 5.74) is 5.41. The highest BCUT2D eigenvalue weighted by Gasteiger charge is 2.26. The summed E-state index contributed by atoms with van der Waals surface area (Å²) in [6.07, 6.45) is 17.0. The fourth-order valence-electron chi connectivity index (χ4n) is 5.53. The maximum Gasteiger partial charge on any atom is 0.213 e. The molecule has 0 bridgehead atoms. The van der Waals surface area contributed by atoms with E-state index in [0.29, 0.717) is 12.5 Å². The number of benzene rings is 1. The van der Waals surface area contributed by atoms with Crippen LogP contribution in [-0.2, 0) is 0 Å². The van der Waals surface area contributed by atoms with Crippen molar-refractivity contribution in [3.8, 4) is 5.88 Å². The van der Waals surface area contributed by atoms with Gasteiger partial charge in [-0.3, -0.25) is 4.90 Å². The van der Waals surface area contributed by atoms with Gasteiger partial charge in [0.15, 0.2) is 0 Å². The summed E-state index contributed by atoms with van der Waals surface area (Å²) in [7, 11) is 6.67. The molecule has 2 radical (unpaired) electrons. The molecule has 0 atom stereocenters. The zero-order chi connectivity index (χ0) is 29.9. The number of pyridine rings is 1. The Morgan fingerprint density at radius 3 is 2.02 bits per heavy atom. The van der Waals surface area contributed by atoms with Crippen LogP contribution in [0.15, 0.2) is 54.1 Å². The minimum absolute atomic E-state index is 0.187. The molecule has 0 N–H and O–H groups in total. The molecule has 4 rings (SSSR count). The van der Waals surface area contributed by atoms with Gasteiger partial charge in [0.25, 0.3) is 0 Å². The molecule has 0 amide bonds. The lowest BCUT2D eigenvalue weighted by molar-refractivity contribution is 0.217. The number of hydrogen-bond donors (Lipinski definition) is 0. The van der Waals surface area contributed by atoms with Gasteiger partial charge in [-0.05, 0) is 75.6 Å². The van der Waals surface area contributed by atoms with Gasteiger partial charge in [-0.1, -0.05) is 121 Å². The standard InChI is InChI=1S/C25H39BN2O.C8H10.C4H10/c1-3-10-21(2)19-28-17-13-22(14-18-28)23-11-9-12-24(27-23)29-20-25(26)15-7-5-4-6-8-16-25;1-7-5-3-4-6-8(7)2;1-3-4-2/h9-12,22H,3-8,13-20H2,1-2H3;3-6H,1-2H3;3-4H2,1-2H3/b21-10-;;. The molecule has 1 saturated carbocycles. The van der Waals surface area contributed by atoms with Crippen molar-refractivity contribution in [2.75, 3.05) is 26.2 Å². The number of hydrogen-bond acceptors (Lipinski definition) is 3. The van der Waals surface area contributed by atoms with Crippen LogP contribution < -0.4 is 4.74 Å². The predicted molar refractivity (Wildman–Crippen MR) is 179 cm³/mol. The van der Waals surface area contributed by atoms with E-state index in [9.17, 15) is 0 Å². The fraction of sp³-hybridized carbons (Fsp3) is 0.649. The van der Waals surface area contributed by atoms with Gasteiger partial charge < -0.3 is 4.74 Å². The first-order valence-corrected chi connectivity index (χ1v) is 16.6. The smallest absolute Gasteiger partial charge is 0.213 e. The Balaban J connectivity index is 0.000000407. The second-order valence-corrected chi connectivity index (χ2v) is 12.4. The van der Waals surface area contributed by atoms with Crippen molar-refractivity contribution in [3.63, 3.8) is 0 Å². The van der Waals surface area contributed by atoms with Crippen LogP contribution in [0.5, 0.6) is 5.88 Å². The number of likely N-dealkylation sites (tertiary alicyclic amines) is 1. The third kappa shape index (κ3) is 14.1. The Morgan fingerprint density at radius 1 is 0.902 bits per heavy atom. The van der Waals surface area contributed by atoms with Crippen LogP contribution in [0.25, 0.3) is 0 Å². The third-order valence-corrected chi connectivity index (χ3v) is 8.56. The molecule has 4 heteroatoms. The van der Waals surface area contributed by atoms with Crippen molar-refractivity contribution in [1.82, 2.24) is 9.88 Å². The fourth-order valence-corrected chi connectivity index (χ4v) is 5.53. The minimum Gasteiger partial charge on any atom is -0.478 e. The first-order valence-electron chi connectivity index (χ1n) is 16.6. The molecule has 0 spiro atoms. The van der Waals surface area contributed by atoms with Gasteiger partial charge in [0.2, 0.25) is 5.88 Å². The molecule has 2 aromatic rings. The lowest BCUT2D eigenvalue weighted by Gasteiger charge is -2.33. The van der Waals surface area contributed by atoms with Crippen molar-refractivity contribution in [3.05, 3.63) is 70.9 Å². The monoisotopic (exact) mass is 558 g/mol. The van der Waals surface area contributed by atoms with E-state index >= 15 is 0 Å². The van der Waals surface area contributed by atoms with Gasteiger partial charge in [-0.25, -0.2) is 4.98 Å². The number of unbranched alkanes of at least 4 members (excludes halogenated alkanes) is 1. The number of piperidine rings is 1. The molecule has 41 heavy (non-hydrogen) atoms. The molecule has 1 aliphatic heterocycles. The van der Waals surface area contributed by atoms with Crippen molar-refractivity contribution in [1.29, 1.82) is 0 Å². The Kier molecular flexibility index (Phi) is 17.1. The first kappa shape index (κ1) is 35.1. The second-order valence-electron chi connectivity index (χ2n) is 12.4. The van der Waals surface area contributed by atoms with E-state index in [4.69, 9.17) is 17.6 Å². The highest BCUT2D eigenvalue weighted by molar-refractivity contribution is 6.15. The SMILES string of the molecule is CCCC.Cc1ccccc1C.[B]C1(COc2cccc(C3CCN(C/C(C)=C\CC)CC3)n2)CCCCCCC1. The van der Waals surface area contributed by atoms with Crippen LogP contribution in [0, 0.1) is 13.8 Å². The number of rotatable bonds is 8. The zero-order valence-electron chi connectivity index (χ0n) is 27.4. The van der Waals surface area contributed by atoms with Gasteiger partial charge in [-0.15, -0.1) is 0 Å². The summed E-state index contributed by atoms with van der Waals surface area (Å²) in [6.45, 7) is 17.1. The van der Waals surface area contributed by atoms with E-state index in [1.807, 2.05) is 6.07 Å².